The molecular weight excluding hydrogens is 340 g/mol. The second-order valence-electron chi connectivity index (χ2n) is 11.3. The second-order valence-corrected chi connectivity index (χ2v) is 11.3. The van der Waals surface area contributed by atoms with E-state index in [1.54, 1.807) is 0 Å². The molecule has 4 nitrogen and oxygen atoms in total. The van der Waals surface area contributed by atoms with Crippen LogP contribution in [0.1, 0.15) is 58.8 Å². The van der Waals surface area contributed by atoms with Crippen molar-refractivity contribution in [3.8, 4) is 0 Å². The summed E-state index contributed by atoms with van der Waals surface area (Å²) < 4.78 is 12.2. The fourth-order valence-corrected chi connectivity index (χ4v) is 10.1. The van der Waals surface area contributed by atoms with E-state index in [4.69, 9.17) is 9.47 Å². The van der Waals surface area contributed by atoms with Crippen LogP contribution >= 0.6 is 0 Å². The standard InChI is InChI=1S/C23H30O4/c1-3-23(13-5-11-4-12-6-16(23)22(12,8-11)9-13)27-21(25)17-14-7-15-18(17)20(24)26-19(15)10(14)2/h10-19H,3-9H2,1-2H3. The molecule has 0 aromatic heterocycles. The first-order chi connectivity index (χ1) is 13.0. The highest BCUT2D eigenvalue weighted by atomic mass is 16.6. The van der Waals surface area contributed by atoms with Crippen LogP contribution in [0, 0.1) is 58.7 Å². The number of hydrogen-bond donors (Lipinski definition) is 0. The molecule has 0 aromatic rings. The maximum absolute atomic E-state index is 13.6. The molecule has 27 heavy (non-hydrogen) atoms. The fourth-order valence-electron chi connectivity index (χ4n) is 10.1. The molecule has 0 aromatic carbocycles. The van der Waals surface area contributed by atoms with Gasteiger partial charge in [-0.2, -0.15) is 0 Å². The highest BCUT2D eigenvalue weighted by molar-refractivity contribution is 5.86. The van der Waals surface area contributed by atoms with Gasteiger partial charge in [0, 0.05) is 11.8 Å². The predicted molar refractivity (Wildman–Crippen MR) is 96.2 cm³/mol. The Labute approximate surface area is 160 Å². The molecule has 1 heterocycles. The van der Waals surface area contributed by atoms with Gasteiger partial charge in [0.2, 0.25) is 0 Å². The quantitative estimate of drug-likeness (QED) is 0.713. The zero-order valence-corrected chi connectivity index (χ0v) is 16.4. The molecule has 146 valence electrons. The molecule has 4 heteroatoms. The normalized spacial score (nSPS) is 63.3. The van der Waals surface area contributed by atoms with Gasteiger partial charge in [-0.25, -0.2) is 0 Å². The average molecular weight is 370 g/mol. The molecule has 0 radical (unpaired) electrons. The maximum atomic E-state index is 13.6. The third-order valence-corrected chi connectivity index (χ3v) is 10.9. The van der Waals surface area contributed by atoms with Crippen molar-refractivity contribution in [2.24, 2.45) is 58.7 Å². The van der Waals surface area contributed by atoms with E-state index < -0.39 is 0 Å². The zero-order valence-electron chi connectivity index (χ0n) is 16.4. The minimum Gasteiger partial charge on any atom is -0.462 e. The van der Waals surface area contributed by atoms with Crippen LogP contribution < -0.4 is 0 Å². The number of carbonyl (C=O) groups excluding carboxylic acids is 2. The van der Waals surface area contributed by atoms with Crippen LogP contribution in [0.4, 0.5) is 0 Å². The lowest BCUT2D eigenvalue weighted by molar-refractivity contribution is -0.193. The van der Waals surface area contributed by atoms with Crippen LogP contribution in [0.5, 0.6) is 0 Å². The molecule has 7 aliphatic rings. The zero-order chi connectivity index (χ0) is 18.3. The molecule has 1 saturated heterocycles. The first-order valence-electron chi connectivity index (χ1n) is 11.4. The Morgan fingerprint density at radius 2 is 1.96 bits per heavy atom. The highest BCUT2D eigenvalue weighted by Gasteiger charge is 2.77. The van der Waals surface area contributed by atoms with Crippen molar-refractivity contribution in [2.45, 2.75) is 70.5 Å². The summed E-state index contributed by atoms with van der Waals surface area (Å²) in [6.45, 7) is 4.39. The highest BCUT2D eigenvalue weighted by Crippen LogP contribution is 2.79. The van der Waals surface area contributed by atoms with Gasteiger partial charge in [-0.15, -0.1) is 0 Å². The Hall–Kier alpha value is -1.06. The lowest BCUT2D eigenvalue weighted by Gasteiger charge is -2.54. The molecule has 0 N–H and O–H groups in total. The third kappa shape index (κ3) is 1.52. The van der Waals surface area contributed by atoms with E-state index in [-0.39, 0.29) is 47.3 Å². The van der Waals surface area contributed by atoms with Gasteiger partial charge in [-0.3, -0.25) is 9.59 Å². The van der Waals surface area contributed by atoms with E-state index in [2.05, 4.69) is 13.8 Å². The molecular formula is C23H30O4. The third-order valence-electron chi connectivity index (χ3n) is 10.9. The summed E-state index contributed by atoms with van der Waals surface area (Å²) in [6, 6.07) is 0. The number of ether oxygens (including phenoxy) is 2. The largest absolute Gasteiger partial charge is 0.462 e. The predicted octanol–water partition coefficient (Wildman–Crippen LogP) is 3.58. The van der Waals surface area contributed by atoms with E-state index in [0.29, 0.717) is 23.2 Å². The minimum absolute atomic E-state index is 0.0539. The molecule has 7 fully saturated rings. The van der Waals surface area contributed by atoms with Gasteiger partial charge in [-0.05, 0) is 80.0 Å². The summed E-state index contributed by atoms with van der Waals surface area (Å²) in [5.74, 6) is 3.11. The van der Waals surface area contributed by atoms with Gasteiger partial charge in [0.1, 0.15) is 11.7 Å². The van der Waals surface area contributed by atoms with Gasteiger partial charge in [-0.1, -0.05) is 13.8 Å². The van der Waals surface area contributed by atoms with Gasteiger partial charge >= 0.3 is 11.9 Å². The number of carbonyl (C=O) groups is 2. The Balaban J connectivity index is 1.22. The van der Waals surface area contributed by atoms with E-state index in [1.807, 2.05) is 0 Å². The number of rotatable bonds is 3. The van der Waals surface area contributed by atoms with E-state index in [9.17, 15) is 9.59 Å². The summed E-state index contributed by atoms with van der Waals surface area (Å²) in [7, 11) is 0. The second kappa shape index (κ2) is 4.57. The van der Waals surface area contributed by atoms with Crippen molar-refractivity contribution >= 4 is 11.9 Å². The van der Waals surface area contributed by atoms with Crippen LogP contribution in [-0.4, -0.2) is 23.6 Å². The van der Waals surface area contributed by atoms with Gasteiger partial charge < -0.3 is 9.47 Å². The smallest absolute Gasteiger partial charge is 0.310 e. The molecule has 6 aliphatic carbocycles. The van der Waals surface area contributed by atoms with Crippen molar-refractivity contribution in [3.63, 3.8) is 0 Å². The first-order valence-corrected chi connectivity index (χ1v) is 11.4. The van der Waals surface area contributed by atoms with Gasteiger partial charge in [0.05, 0.1) is 11.8 Å². The van der Waals surface area contributed by atoms with E-state index in [0.717, 1.165) is 24.7 Å². The monoisotopic (exact) mass is 370 g/mol. The Morgan fingerprint density at radius 1 is 1.15 bits per heavy atom. The summed E-state index contributed by atoms with van der Waals surface area (Å²) in [5, 5.41) is 0. The lowest BCUT2D eigenvalue weighted by Crippen LogP contribution is -2.54. The Morgan fingerprint density at radius 3 is 2.78 bits per heavy atom. The molecule has 1 aliphatic heterocycles. The van der Waals surface area contributed by atoms with E-state index in [1.165, 1.54) is 32.1 Å². The number of esters is 2. The average Bonchev–Trinajstić information content (AvgIpc) is 3.33. The minimum atomic E-state index is -0.245. The van der Waals surface area contributed by atoms with Gasteiger partial charge in [0.15, 0.2) is 0 Å². The first kappa shape index (κ1) is 15.8. The lowest BCUT2D eigenvalue weighted by atomic mass is 9.53. The number of fused-ring (bicyclic) bond motifs is 3. The Kier molecular flexibility index (Phi) is 2.68. The van der Waals surface area contributed by atoms with Crippen molar-refractivity contribution in [1.29, 1.82) is 0 Å². The van der Waals surface area contributed by atoms with Crippen LogP contribution in [0.3, 0.4) is 0 Å². The fraction of sp³-hybridized carbons (Fsp3) is 0.913. The van der Waals surface area contributed by atoms with Crippen molar-refractivity contribution in [3.05, 3.63) is 0 Å². The summed E-state index contributed by atoms with van der Waals surface area (Å²) in [4.78, 5) is 26.0. The molecule has 12 atom stereocenters. The van der Waals surface area contributed by atoms with Crippen LogP contribution in [0.15, 0.2) is 0 Å². The molecule has 12 unspecified atom stereocenters. The van der Waals surface area contributed by atoms with Crippen molar-refractivity contribution in [2.75, 3.05) is 0 Å². The summed E-state index contributed by atoms with van der Waals surface area (Å²) in [5.41, 5.74) is 0.263. The topological polar surface area (TPSA) is 52.6 Å². The molecule has 6 saturated carbocycles. The van der Waals surface area contributed by atoms with Crippen LogP contribution in [0.2, 0.25) is 0 Å². The SMILES string of the molecule is CCC1(OC(=O)C2C3CC4C(OC(=O)C42)C3C)C2CC3CC4CC1C4(C3)C2. The van der Waals surface area contributed by atoms with Crippen LogP contribution in [-0.2, 0) is 19.1 Å². The molecule has 0 amide bonds. The van der Waals surface area contributed by atoms with Gasteiger partial charge in [0.25, 0.3) is 0 Å². The number of hydrogen-bond acceptors (Lipinski definition) is 4. The van der Waals surface area contributed by atoms with Crippen LogP contribution in [0.25, 0.3) is 0 Å². The summed E-state index contributed by atoms with van der Waals surface area (Å²) >= 11 is 0. The Bertz CT molecular complexity index is 761. The maximum Gasteiger partial charge on any atom is 0.310 e. The van der Waals surface area contributed by atoms with Crippen molar-refractivity contribution < 1.29 is 19.1 Å². The van der Waals surface area contributed by atoms with Crippen molar-refractivity contribution in [1.82, 2.24) is 0 Å². The molecule has 1 spiro atoms. The molecule has 5 bridgehead atoms. The van der Waals surface area contributed by atoms with E-state index >= 15 is 0 Å². The summed E-state index contributed by atoms with van der Waals surface area (Å²) in [6.07, 6.45) is 8.63. The molecule has 7 rings (SSSR count).